The van der Waals surface area contributed by atoms with Gasteiger partial charge in [-0.3, -0.25) is 9.11 Å². The Balaban J connectivity index is 0.000000325. The van der Waals surface area contributed by atoms with E-state index in [9.17, 15) is 0 Å². The van der Waals surface area contributed by atoms with Crippen molar-refractivity contribution in [1.82, 2.24) is 0 Å². The standard InChI is InChI=1S/C18H12.H2O3S/c1-2-8-14-13(7-1)15-9-3-4-11-17(15)18-12-6-5-10-16(14)18;1-4(2)3/h1-12H;(H2,1,2,3). The maximum absolute atomic E-state index is 8.67. The largest absolute Gasteiger partial charge is 0.299 e. The summed E-state index contributed by atoms with van der Waals surface area (Å²) in [5.41, 5.74) is 0. The summed E-state index contributed by atoms with van der Waals surface area (Å²) in [6, 6.07) is 26.0. The maximum Gasteiger partial charge on any atom is 0.299 e. The van der Waals surface area contributed by atoms with Gasteiger partial charge in [-0.25, -0.2) is 0 Å². The van der Waals surface area contributed by atoms with Crippen LogP contribution in [0, 0.1) is 0 Å². The summed E-state index contributed by atoms with van der Waals surface area (Å²) in [5, 5.41) is 8.04. The predicted octanol–water partition coefficient (Wildman–Crippen LogP) is 4.83. The van der Waals surface area contributed by atoms with E-state index < -0.39 is 11.4 Å². The Morgan fingerprint density at radius 3 is 0.773 bits per heavy atom. The van der Waals surface area contributed by atoms with Gasteiger partial charge < -0.3 is 0 Å². The molecule has 2 N–H and O–H groups in total. The summed E-state index contributed by atoms with van der Waals surface area (Å²) < 4.78 is 22.8. The Hall–Kier alpha value is -2.27. The van der Waals surface area contributed by atoms with Gasteiger partial charge in [0.1, 0.15) is 0 Å². The molecule has 0 atom stereocenters. The lowest BCUT2D eigenvalue weighted by Gasteiger charge is -2.09. The molecule has 0 heterocycles. The second kappa shape index (κ2) is 6.23. The van der Waals surface area contributed by atoms with Gasteiger partial charge in [0.15, 0.2) is 0 Å². The molecule has 3 nitrogen and oxygen atoms in total. The molecule has 4 heteroatoms. The van der Waals surface area contributed by atoms with Gasteiger partial charge in [-0.15, -0.1) is 0 Å². The van der Waals surface area contributed by atoms with Crippen LogP contribution in [0.1, 0.15) is 0 Å². The summed E-state index contributed by atoms with van der Waals surface area (Å²) >= 11 is -2.61. The highest BCUT2D eigenvalue weighted by atomic mass is 32.2. The smallest absolute Gasteiger partial charge is 0.284 e. The molecule has 0 amide bonds. The molecule has 0 spiro atoms. The van der Waals surface area contributed by atoms with E-state index in [1.54, 1.807) is 0 Å². The van der Waals surface area contributed by atoms with Crippen molar-refractivity contribution in [2.75, 3.05) is 0 Å². The summed E-state index contributed by atoms with van der Waals surface area (Å²) in [7, 11) is 0. The van der Waals surface area contributed by atoms with Crippen molar-refractivity contribution in [3.05, 3.63) is 72.8 Å². The average molecular weight is 310 g/mol. The molecule has 4 aromatic carbocycles. The number of hydrogen-bond donors (Lipinski definition) is 2. The third-order valence-electron chi connectivity index (χ3n) is 3.65. The monoisotopic (exact) mass is 310 g/mol. The molecule has 0 aromatic heterocycles. The van der Waals surface area contributed by atoms with Gasteiger partial charge in [0.25, 0.3) is 11.4 Å². The Morgan fingerprint density at radius 2 is 0.636 bits per heavy atom. The van der Waals surface area contributed by atoms with Crippen LogP contribution in [0.2, 0.25) is 0 Å². The van der Waals surface area contributed by atoms with Gasteiger partial charge in [-0.05, 0) is 32.3 Å². The van der Waals surface area contributed by atoms with Crippen molar-refractivity contribution in [3.63, 3.8) is 0 Å². The molecule has 0 bridgehead atoms. The molecular weight excluding hydrogens is 296 g/mol. The van der Waals surface area contributed by atoms with Crippen LogP contribution in [-0.4, -0.2) is 13.3 Å². The Kier molecular flexibility index (Phi) is 4.15. The van der Waals surface area contributed by atoms with Gasteiger partial charge >= 0.3 is 0 Å². The van der Waals surface area contributed by atoms with E-state index in [0.29, 0.717) is 0 Å². The van der Waals surface area contributed by atoms with E-state index in [2.05, 4.69) is 72.8 Å². The van der Waals surface area contributed by atoms with Crippen LogP contribution in [-0.2, 0) is 11.4 Å². The normalized spacial score (nSPS) is 10.9. The zero-order valence-electron chi connectivity index (χ0n) is 11.6. The zero-order chi connectivity index (χ0) is 15.5. The second-order valence-corrected chi connectivity index (χ2v) is 5.33. The number of rotatable bonds is 0. The highest BCUT2D eigenvalue weighted by Gasteiger charge is 2.06. The molecule has 110 valence electrons. The Bertz CT molecular complexity index is 755. The molecule has 0 fully saturated rings. The fourth-order valence-corrected chi connectivity index (χ4v) is 2.86. The van der Waals surface area contributed by atoms with Crippen molar-refractivity contribution < 1.29 is 13.3 Å². The van der Waals surface area contributed by atoms with Gasteiger partial charge in [-0.1, -0.05) is 72.8 Å². The molecule has 0 aliphatic rings. The first kappa shape index (κ1) is 14.7. The molecule has 0 unspecified atom stereocenters. The van der Waals surface area contributed by atoms with Gasteiger partial charge in [0.2, 0.25) is 0 Å². The van der Waals surface area contributed by atoms with Crippen LogP contribution < -0.4 is 0 Å². The van der Waals surface area contributed by atoms with Crippen LogP contribution in [0.15, 0.2) is 72.8 Å². The molecule has 22 heavy (non-hydrogen) atoms. The molecule has 4 aromatic rings. The van der Waals surface area contributed by atoms with Crippen LogP contribution in [0.4, 0.5) is 0 Å². The summed E-state index contributed by atoms with van der Waals surface area (Å²) in [4.78, 5) is 0. The van der Waals surface area contributed by atoms with Crippen LogP contribution in [0.3, 0.4) is 0 Å². The lowest BCUT2D eigenvalue weighted by Crippen LogP contribution is -1.81. The van der Waals surface area contributed by atoms with E-state index in [1.165, 1.54) is 32.3 Å². The van der Waals surface area contributed by atoms with E-state index in [1.807, 2.05) is 0 Å². The maximum atomic E-state index is 8.67. The molecule has 4 rings (SSSR count). The van der Waals surface area contributed by atoms with E-state index in [4.69, 9.17) is 13.3 Å². The first-order valence-electron chi connectivity index (χ1n) is 6.76. The first-order chi connectivity index (χ1) is 10.7. The summed E-state index contributed by atoms with van der Waals surface area (Å²) in [6.07, 6.45) is 0. The highest BCUT2D eigenvalue weighted by molar-refractivity contribution is 7.73. The predicted molar refractivity (Wildman–Crippen MR) is 92.4 cm³/mol. The van der Waals surface area contributed by atoms with Crippen molar-refractivity contribution >= 4 is 43.7 Å². The van der Waals surface area contributed by atoms with Crippen molar-refractivity contribution in [1.29, 1.82) is 0 Å². The van der Waals surface area contributed by atoms with Crippen LogP contribution in [0.5, 0.6) is 0 Å². The lowest BCUT2D eigenvalue weighted by molar-refractivity contribution is 0.454. The lowest BCUT2D eigenvalue weighted by atomic mass is 9.95. The minimum absolute atomic E-state index is 1.34. The third kappa shape index (κ3) is 2.72. The van der Waals surface area contributed by atoms with E-state index >= 15 is 0 Å². The minimum Gasteiger partial charge on any atom is -0.284 e. The molecule has 0 saturated heterocycles. The highest BCUT2D eigenvalue weighted by Crippen LogP contribution is 2.34. The number of hydrogen-bond acceptors (Lipinski definition) is 1. The van der Waals surface area contributed by atoms with Crippen molar-refractivity contribution in [2.24, 2.45) is 0 Å². The fraction of sp³-hybridized carbons (Fsp3) is 0. The van der Waals surface area contributed by atoms with Crippen LogP contribution in [0.25, 0.3) is 32.3 Å². The minimum atomic E-state index is -2.61. The van der Waals surface area contributed by atoms with Crippen molar-refractivity contribution in [3.8, 4) is 0 Å². The van der Waals surface area contributed by atoms with E-state index in [-0.39, 0.29) is 0 Å². The molecule has 0 aliphatic heterocycles. The molecule has 0 aliphatic carbocycles. The topological polar surface area (TPSA) is 57.5 Å². The number of fused-ring (bicyclic) bond motifs is 6. The fourth-order valence-electron chi connectivity index (χ4n) is 2.86. The third-order valence-corrected chi connectivity index (χ3v) is 3.65. The SMILES string of the molecule is O=S(O)O.c1ccc2c(c1)c1ccccc1c1ccccc21. The average Bonchev–Trinajstić information content (AvgIpc) is 2.55. The van der Waals surface area contributed by atoms with E-state index in [0.717, 1.165) is 0 Å². The van der Waals surface area contributed by atoms with Gasteiger partial charge in [-0.2, -0.15) is 4.21 Å². The first-order valence-corrected chi connectivity index (χ1v) is 7.83. The summed E-state index contributed by atoms with van der Waals surface area (Å²) in [5.74, 6) is 0. The van der Waals surface area contributed by atoms with Gasteiger partial charge in [0, 0.05) is 0 Å². The number of benzene rings is 4. The van der Waals surface area contributed by atoms with Crippen molar-refractivity contribution in [2.45, 2.75) is 0 Å². The second-order valence-electron chi connectivity index (χ2n) is 4.87. The van der Waals surface area contributed by atoms with Gasteiger partial charge in [0.05, 0.1) is 0 Å². The molecule has 0 saturated carbocycles. The quantitative estimate of drug-likeness (QED) is 0.361. The molecular formula is C18H14O3S. The summed E-state index contributed by atoms with van der Waals surface area (Å²) in [6.45, 7) is 0. The molecule has 0 radical (unpaired) electrons. The Labute approximate surface area is 130 Å². The van der Waals surface area contributed by atoms with Crippen LogP contribution >= 0.6 is 0 Å². The zero-order valence-corrected chi connectivity index (χ0v) is 12.5. The Morgan fingerprint density at radius 1 is 0.500 bits per heavy atom.